The maximum atomic E-state index is 12.0. The van der Waals surface area contributed by atoms with Crippen molar-refractivity contribution in [1.29, 1.82) is 0 Å². The first kappa shape index (κ1) is 13.5. The van der Waals surface area contributed by atoms with E-state index in [0.717, 1.165) is 4.47 Å². The molecule has 18 heavy (non-hydrogen) atoms. The van der Waals surface area contributed by atoms with Gasteiger partial charge in [0.15, 0.2) is 9.84 Å². The van der Waals surface area contributed by atoms with Gasteiger partial charge in [0.05, 0.1) is 17.4 Å². The topological polar surface area (TPSA) is 63.2 Å². The predicted octanol–water partition coefficient (Wildman–Crippen LogP) is 2.21. The monoisotopic (exact) mass is 331 g/mol. The van der Waals surface area contributed by atoms with Crippen molar-refractivity contribution in [2.75, 3.05) is 16.8 Å². The molecule has 0 bridgehead atoms. The van der Waals surface area contributed by atoms with Crippen LogP contribution in [0.3, 0.4) is 0 Å². The minimum Gasteiger partial charge on any atom is -0.326 e. The van der Waals surface area contributed by atoms with Gasteiger partial charge in [0.25, 0.3) is 0 Å². The molecular formula is C12H14BrNO3S. The molecule has 6 heteroatoms. The zero-order valence-corrected chi connectivity index (χ0v) is 12.1. The number of amides is 1. The van der Waals surface area contributed by atoms with Crippen LogP contribution in [0.5, 0.6) is 0 Å². The van der Waals surface area contributed by atoms with Gasteiger partial charge in [-0.3, -0.25) is 4.79 Å². The third-order valence-corrected chi connectivity index (χ3v) is 5.30. The molecule has 0 spiro atoms. The van der Waals surface area contributed by atoms with Gasteiger partial charge >= 0.3 is 0 Å². The first-order chi connectivity index (χ1) is 8.46. The van der Waals surface area contributed by atoms with E-state index in [1.807, 2.05) is 12.1 Å². The van der Waals surface area contributed by atoms with Crippen LogP contribution in [0.25, 0.3) is 0 Å². The fourth-order valence-corrected chi connectivity index (χ4v) is 3.98. The number of rotatable bonds is 2. The first-order valence-electron chi connectivity index (χ1n) is 5.73. The van der Waals surface area contributed by atoms with E-state index in [2.05, 4.69) is 21.2 Å². The summed E-state index contributed by atoms with van der Waals surface area (Å²) in [7, 11) is -3.04. The Bertz CT molecular complexity index is 539. The van der Waals surface area contributed by atoms with E-state index in [1.165, 1.54) is 0 Å². The summed E-state index contributed by atoms with van der Waals surface area (Å²) in [4.78, 5) is 12.0. The molecule has 1 heterocycles. The standard InChI is InChI=1S/C12H14BrNO3S/c13-10-3-5-11(6-4-10)14-12(15)9-2-1-7-18(16,17)8-9/h3-6,9H,1-2,7-8H2,(H,14,15). The van der Waals surface area contributed by atoms with Crippen molar-refractivity contribution in [2.24, 2.45) is 5.92 Å². The van der Waals surface area contributed by atoms with Crippen LogP contribution < -0.4 is 5.32 Å². The lowest BCUT2D eigenvalue weighted by Crippen LogP contribution is -2.34. The zero-order chi connectivity index (χ0) is 13.2. The molecule has 1 atom stereocenters. The summed E-state index contributed by atoms with van der Waals surface area (Å²) < 4.78 is 23.9. The van der Waals surface area contributed by atoms with Crippen molar-refractivity contribution in [3.8, 4) is 0 Å². The molecule has 1 unspecified atom stereocenters. The summed E-state index contributed by atoms with van der Waals surface area (Å²) in [6.07, 6.45) is 1.21. The van der Waals surface area contributed by atoms with Crippen molar-refractivity contribution in [3.05, 3.63) is 28.7 Å². The van der Waals surface area contributed by atoms with Gasteiger partial charge in [-0.05, 0) is 37.1 Å². The van der Waals surface area contributed by atoms with Crippen LogP contribution in [0.15, 0.2) is 28.7 Å². The lowest BCUT2D eigenvalue weighted by Gasteiger charge is -2.21. The highest BCUT2D eigenvalue weighted by atomic mass is 79.9. The number of anilines is 1. The molecule has 1 aliphatic heterocycles. The highest BCUT2D eigenvalue weighted by Crippen LogP contribution is 2.21. The fourth-order valence-electron chi connectivity index (χ4n) is 2.01. The maximum absolute atomic E-state index is 12.0. The van der Waals surface area contributed by atoms with E-state index in [4.69, 9.17) is 0 Å². The summed E-state index contributed by atoms with van der Waals surface area (Å²) in [5.74, 6) is -0.460. The molecular weight excluding hydrogens is 318 g/mol. The minimum absolute atomic E-state index is 0.0324. The Balaban J connectivity index is 2.01. The van der Waals surface area contributed by atoms with Crippen LogP contribution in [0, 0.1) is 5.92 Å². The molecule has 1 aromatic carbocycles. The van der Waals surface area contributed by atoms with Gasteiger partial charge in [0.2, 0.25) is 5.91 Å². The van der Waals surface area contributed by atoms with Crippen molar-refractivity contribution in [3.63, 3.8) is 0 Å². The zero-order valence-electron chi connectivity index (χ0n) is 9.73. The van der Waals surface area contributed by atoms with Gasteiger partial charge in [0, 0.05) is 10.2 Å². The van der Waals surface area contributed by atoms with Crippen LogP contribution in [0.1, 0.15) is 12.8 Å². The van der Waals surface area contributed by atoms with E-state index < -0.39 is 15.8 Å². The van der Waals surface area contributed by atoms with E-state index in [0.29, 0.717) is 18.5 Å². The highest BCUT2D eigenvalue weighted by Gasteiger charge is 2.29. The Morgan fingerprint density at radius 3 is 2.56 bits per heavy atom. The molecule has 1 aliphatic rings. The number of nitrogens with one attached hydrogen (secondary N) is 1. The summed E-state index contributed by atoms with van der Waals surface area (Å²) in [6, 6.07) is 7.21. The molecule has 4 nitrogen and oxygen atoms in total. The fraction of sp³-hybridized carbons (Fsp3) is 0.417. The van der Waals surface area contributed by atoms with Crippen LogP contribution in [-0.2, 0) is 14.6 Å². The molecule has 0 radical (unpaired) electrons. The molecule has 2 rings (SSSR count). The second kappa shape index (κ2) is 5.40. The number of carbonyl (C=O) groups is 1. The molecule has 1 amide bonds. The lowest BCUT2D eigenvalue weighted by atomic mass is 10.0. The van der Waals surface area contributed by atoms with Crippen molar-refractivity contribution >= 4 is 37.4 Å². The van der Waals surface area contributed by atoms with E-state index in [-0.39, 0.29) is 17.4 Å². The van der Waals surface area contributed by atoms with Gasteiger partial charge in [-0.25, -0.2) is 8.42 Å². The van der Waals surface area contributed by atoms with Crippen molar-refractivity contribution in [1.82, 2.24) is 0 Å². The molecule has 0 aromatic heterocycles. The molecule has 0 aliphatic carbocycles. The van der Waals surface area contributed by atoms with E-state index in [1.54, 1.807) is 12.1 Å². The number of benzene rings is 1. The van der Waals surface area contributed by atoms with Gasteiger partial charge in [-0.2, -0.15) is 0 Å². The van der Waals surface area contributed by atoms with Gasteiger partial charge in [-0.1, -0.05) is 15.9 Å². The number of hydrogen-bond acceptors (Lipinski definition) is 3. The number of carbonyl (C=O) groups excluding carboxylic acids is 1. The lowest BCUT2D eigenvalue weighted by molar-refractivity contribution is -0.119. The van der Waals surface area contributed by atoms with Crippen molar-refractivity contribution < 1.29 is 13.2 Å². The minimum atomic E-state index is -3.04. The van der Waals surface area contributed by atoms with E-state index >= 15 is 0 Å². The highest BCUT2D eigenvalue weighted by molar-refractivity contribution is 9.10. The molecule has 1 aromatic rings. The van der Waals surface area contributed by atoms with Crippen LogP contribution >= 0.6 is 15.9 Å². The maximum Gasteiger partial charge on any atom is 0.228 e. The van der Waals surface area contributed by atoms with Gasteiger partial charge in [-0.15, -0.1) is 0 Å². The first-order valence-corrected chi connectivity index (χ1v) is 8.34. The average molecular weight is 332 g/mol. The SMILES string of the molecule is O=C(Nc1ccc(Br)cc1)C1CCCS(=O)(=O)C1. The normalized spacial score (nSPS) is 22.4. The molecule has 1 fully saturated rings. The average Bonchev–Trinajstić information content (AvgIpc) is 2.31. The summed E-state index contributed by atoms with van der Waals surface area (Å²) in [5, 5.41) is 2.75. The number of sulfone groups is 1. The van der Waals surface area contributed by atoms with Crippen LogP contribution in [0.4, 0.5) is 5.69 Å². The van der Waals surface area contributed by atoms with Crippen LogP contribution in [-0.4, -0.2) is 25.8 Å². The van der Waals surface area contributed by atoms with Crippen molar-refractivity contribution in [2.45, 2.75) is 12.8 Å². The predicted molar refractivity (Wildman–Crippen MR) is 74.1 cm³/mol. The summed E-state index contributed by atoms with van der Waals surface area (Å²) >= 11 is 3.31. The third-order valence-electron chi connectivity index (χ3n) is 2.95. The van der Waals surface area contributed by atoms with E-state index in [9.17, 15) is 13.2 Å². The Hall–Kier alpha value is -0.880. The Morgan fingerprint density at radius 2 is 1.94 bits per heavy atom. The summed E-state index contributed by atoms with van der Waals surface area (Å²) in [5.41, 5.74) is 0.686. The smallest absolute Gasteiger partial charge is 0.228 e. The second-order valence-corrected chi connectivity index (χ2v) is 7.59. The third kappa shape index (κ3) is 3.55. The van der Waals surface area contributed by atoms with Gasteiger partial charge < -0.3 is 5.32 Å². The van der Waals surface area contributed by atoms with Crippen LogP contribution in [0.2, 0.25) is 0 Å². The summed E-state index contributed by atoms with van der Waals surface area (Å²) in [6.45, 7) is 0. The molecule has 1 saturated heterocycles. The molecule has 0 saturated carbocycles. The quantitative estimate of drug-likeness (QED) is 0.903. The largest absolute Gasteiger partial charge is 0.326 e. The molecule has 98 valence electrons. The number of hydrogen-bond donors (Lipinski definition) is 1. The number of halogens is 1. The molecule has 1 N–H and O–H groups in total. The Morgan fingerprint density at radius 1 is 1.28 bits per heavy atom. The Kier molecular flexibility index (Phi) is 4.07. The Labute approximate surface area is 115 Å². The van der Waals surface area contributed by atoms with Gasteiger partial charge in [0.1, 0.15) is 0 Å². The second-order valence-electron chi connectivity index (χ2n) is 4.45.